The molecule has 0 spiro atoms. The van der Waals surface area contributed by atoms with E-state index in [4.69, 9.17) is 4.42 Å². The maximum Gasteiger partial charge on any atom is 0.516 e. The number of alkyl halides is 3. The summed E-state index contributed by atoms with van der Waals surface area (Å²) >= 11 is 0. The predicted molar refractivity (Wildman–Crippen MR) is 144 cm³/mol. The van der Waals surface area contributed by atoms with Crippen LogP contribution in [0.25, 0.3) is 0 Å². The number of halogens is 4. The Morgan fingerprint density at radius 2 is 1.78 bits per heavy atom. The van der Waals surface area contributed by atoms with Gasteiger partial charge >= 0.3 is 15.5 Å². The predicted octanol–water partition coefficient (Wildman–Crippen LogP) is 6.37. The van der Waals surface area contributed by atoms with Gasteiger partial charge in [-0.2, -0.15) is 21.6 Å². The summed E-state index contributed by atoms with van der Waals surface area (Å²) in [6.07, 6.45) is 10.3. The number of oxazole rings is 1. The third-order valence-electron chi connectivity index (χ3n) is 7.18. The molecule has 1 aromatic carbocycles. The number of unbranched alkanes of at least 4 members (excludes halogenated alkanes) is 6. The number of amides is 1. The van der Waals surface area contributed by atoms with Crippen molar-refractivity contribution in [2.45, 2.75) is 102 Å². The number of nitrogens with zero attached hydrogens (tertiary/aromatic N) is 2. The highest BCUT2D eigenvalue weighted by Gasteiger charge is 2.46. The van der Waals surface area contributed by atoms with Gasteiger partial charge in [-0.15, -0.1) is 0 Å². The summed E-state index contributed by atoms with van der Waals surface area (Å²) in [5.41, 5.74) is -4.32. The summed E-state index contributed by atoms with van der Waals surface area (Å²) in [6.45, 7) is 3.04. The zero-order valence-electron chi connectivity index (χ0n) is 23.1. The molecule has 0 aliphatic carbocycles. The number of nitrogens with one attached hydrogen (secondary N) is 1. The van der Waals surface area contributed by atoms with Crippen molar-refractivity contribution in [1.82, 2.24) is 14.6 Å². The number of hydrogen-bond donors (Lipinski definition) is 1. The van der Waals surface area contributed by atoms with E-state index in [2.05, 4.69) is 11.9 Å². The number of carbonyl (C=O) groups excluding carboxylic acids is 2. The molecule has 0 saturated carbocycles. The van der Waals surface area contributed by atoms with E-state index in [9.17, 15) is 35.6 Å². The smallest absolute Gasteiger partial charge is 0.446 e. The van der Waals surface area contributed by atoms with E-state index in [0.29, 0.717) is 36.4 Å². The highest BCUT2D eigenvalue weighted by molar-refractivity contribution is 7.90. The zero-order chi connectivity index (χ0) is 30.0. The van der Waals surface area contributed by atoms with Gasteiger partial charge in [0, 0.05) is 19.4 Å². The third kappa shape index (κ3) is 9.63. The van der Waals surface area contributed by atoms with E-state index in [1.54, 1.807) is 0 Å². The molecular formula is C28H37F4N3O5S. The molecule has 1 aliphatic rings. The number of benzene rings is 1. The van der Waals surface area contributed by atoms with Crippen molar-refractivity contribution in [3.63, 3.8) is 0 Å². The molecule has 1 aliphatic heterocycles. The first-order valence-corrected chi connectivity index (χ1v) is 15.5. The second-order valence-electron chi connectivity index (χ2n) is 10.4. The van der Waals surface area contributed by atoms with Crippen LogP contribution >= 0.6 is 0 Å². The maximum absolute atomic E-state index is 14.1. The Morgan fingerprint density at radius 1 is 1.07 bits per heavy atom. The van der Waals surface area contributed by atoms with Gasteiger partial charge < -0.3 is 4.42 Å². The highest BCUT2D eigenvalue weighted by atomic mass is 32.2. The summed E-state index contributed by atoms with van der Waals surface area (Å²) in [4.78, 5) is 31.0. The fraction of sp³-hybridized carbons (Fsp3) is 0.607. The average Bonchev–Trinajstić information content (AvgIpc) is 3.56. The lowest BCUT2D eigenvalue weighted by Gasteiger charge is -2.23. The molecule has 1 saturated heterocycles. The van der Waals surface area contributed by atoms with Gasteiger partial charge in [-0.3, -0.25) is 14.5 Å². The molecule has 1 N–H and O–H groups in total. The average molecular weight is 604 g/mol. The zero-order valence-corrected chi connectivity index (χ0v) is 24.0. The van der Waals surface area contributed by atoms with Gasteiger partial charge in [0.1, 0.15) is 17.8 Å². The van der Waals surface area contributed by atoms with E-state index < -0.39 is 33.7 Å². The lowest BCUT2D eigenvalue weighted by Crippen LogP contribution is -2.40. The summed E-state index contributed by atoms with van der Waals surface area (Å²) < 4.78 is 80.8. The molecule has 1 atom stereocenters. The molecular weight excluding hydrogens is 566 g/mol. The van der Waals surface area contributed by atoms with Gasteiger partial charge in [0.05, 0.1) is 6.04 Å². The normalized spacial score (nSPS) is 16.3. The fourth-order valence-corrected chi connectivity index (χ4v) is 5.46. The molecule has 41 heavy (non-hydrogen) atoms. The Hall–Kier alpha value is -2.80. The number of aryl methyl sites for hydroxylation is 1. The van der Waals surface area contributed by atoms with Crippen LogP contribution in [0.1, 0.15) is 111 Å². The quantitative estimate of drug-likeness (QED) is 0.135. The summed E-state index contributed by atoms with van der Waals surface area (Å²) in [5, 5.41) is 0. The van der Waals surface area contributed by atoms with Crippen LogP contribution in [0.4, 0.5) is 17.6 Å². The van der Waals surface area contributed by atoms with Crippen molar-refractivity contribution >= 4 is 21.7 Å². The number of carbonyl (C=O) groups is 2. The number of rotatable bonds is 16. The topological polar surface area (TPSA) is 110 Å². The van der Waals surface area contributed by atoms with Crippen LogP contribution < -0.4 is 4.72 Å². The molecule has 1 amide bonds. The molecule has 0 bridgehead atoms. The van der Waals surface area contributed by atoms with E-state index in [0.717, 1.165) is 30.4 Å². The highest BCUT2D eigenvalue weighted by Crippen LogP contribution is 2.34. The summed E-state index contributed by atoms with van der Waals surface area (Å²) in [7, 11) is -5.80. The molecule has 1 fully saturated rings. The van der Waals surface area contributed by atoms with Crippen molar-refractivity contribution in [2.75, 3.05) is 6.54 Å². The lowest BCUT2D eigenvalue weighted by atomic mass is 10.0. The number of sulfonamides is 1. The number of likely N-dealkylation sites (tertiary alicyclic amines) is 1. The van der Waals surface area contributed by atoms with Gasteiger partial charge in [0.25, 0.3) is 0 Å². The van der Waals surface area contributed by atoms with Crippen molar-refractivity contribution in [3.05, 3.63) is 53.0 Å². The molecule has 2 heterocycles. The van der Waals surface area contributed by atoms with Gasteiger partial charge in [0.15, 0.2) is 5.78 Å². The van der Waals surface area contributed by atoms with E-state index in [1.807, 2.05) is 4.90 Å². The van der Waals surface area contributed by atoms with Gasteiger partial charge in [-0.25, -0.2) is 14.1 Å². The van der Waals surface area contributed by atoms with Gasteiger partial charge in [-0.1, -0.05) is 51.5 Å². The van der Waals surface area contributed by atoms with E-state index in [-0.39, 0.29) is 30.5 Å². The number of hydrogen-bond acceptors (Lipinski definition) is 7. The second-order valence-corrected chi connectivity index (χ2v) is 12.1. The molecule has 0 unspecified atom stereocenters. The van der Waals surface area contributed by atoms with Gasteiger partial charge in [-0.05, 0) is 55.5 Å². The van der Waals surface area contributed by atoms with Crippen molar-refractivity contribution in [2.24, 2.45) is 0 Å². The second kappa shape index (κ2) is 14.9. The van der Waals surface area contributed by atoms with Crippen LogP contribution in [-0.4, -0.2) is 42.0 Å². The van der Waals surface area contributed by atoms with Crippen LogP contribution in [0.2, 0.25) is 0 Å². The molecule has 228 valence electrons. The van der Waals surface area contributed by atoms with Crippen LogP contribution in [0.3, 0.4) is 0 Å². The lowest BCUT2D eigenvalue weighted by molar-refractivity contribution is -0.120. The summed E-state index contributed by atoms with van der Waals surface area (Å²) in [6, 6.07) is 3.61. The fourth-order valence-electron chi connectivity index (χ4n) is 4.95. The van der Waals surface area contributed by atoms with Crippen molar-refractivity contribution < 1.29 is 40.0 Å². The number of aromatic nitrogens is 1. The maximum atomic E-state index is 14.1. The standard InChI is InChI=1S/C28H37F4N3O5S/c1-2-3-4-5-6-7-8-11-25(36)23-19-40-27(33-23)24-10-9-16-35(24)18-21-17-22(29)14-12-20(21)13-15-26(37)34-41(38,39)28(30,31)32/h12,14,17,19,24H,2-11,13,15-16,18H2,1H3,(H,34,37)/t24-/m0/s1. The van der Waals surface area contributed by atoms with Gasteiger partial charge in [0.2, 0.25) is 11.8 Å². The first-order chi connectivity index (χ1) is 19.4. The van der Waals surface area contributed by atoms with Crippen LogP contribution in [0.5, 0.6) is 0 Å². The molecule has 3 rings (SSSR count). The minimum Gasteiger partial charge on any atom is -0.446 e. The summed E-state index contributed by atoms with van der Waals surface area (Å²) in [5.74, 6) is -1.53. The molecule has 1 aromatic heterocycles. The Balaban J connectivity index is 1.59. The number of Topliss-reactive ketones (excluding diaryl/α,β-unsaturated/α-hetero) is 1. The molecule has 0 radical (unpaired) electrons. The van der Waals surface area contributed by atoms with Crippen molar-refractivity contribution in [1.29, 1.82) is 0 Å². The Kier molecular flexibility index (Phi) is 11.9. The van der Waals surface area contributed by atoms with Crippen LogP contribution in [0.15, 0.2) is 28.9 Å². The monoisotopic (exact) mass is 603 g/mol. The van der Waals surface area contributed by atoms with Crippen LogP contribution in [0, 0.1) is 5.82 Å². The SMILES string of the molecule is CCCCCCCCCC(=O)c1coc([C@@H]2CCCN2Cc2cc(F)ccc2CCC(=O)NS(=O)(=O)C(F)(F)F)n1. The Labute approximate surface area is 237 Å². The first-order valence-electron chi connectivity index (χ1n) is 14.0. The molecule has 2 aromatic rings. The minimum atomic E-state index is -5.80. The first kappa shape index (κ1) is 32.7. The largest absolute Gasteiger partial charge is 0.516 e. The van der Waals surface area contributed by atoms with Crippen LogP contribution in [-0.2, 0) is 27.8 Å². The Morgan fingerprint density at radius 3 is 2.49 bits per heavy atom. The number of ketones is 1. The Bertz CT molecular complexity index is 1280. The van der Waals surface area contributed by atoms with E-state index in [1.165, 1.54) is 50.1 Å². The van der Waals surface area contributed by atoms with E-state index >= 15 is 0 Å². The minimum absolute atomic E-state index is 0.0728. The third-order valence-corrected chi connectivity index (χ3v) is 8.29. The van der Waals surface area contributed by atoms with Crippen molar-refractivity contribution in [3.8, 4) is 0 Å². The molecule has 13 heteroatoms. The molecule has 8 nitrogen and oxygen atoms in total.